The van der Waals surface area contributed by atoms with Crippen molar-refractivity contribution in [3.63, 3.8) is 0 Å². The average Bonchev–Trinajstić information content (AvgIpc) is 2.63. The van der Waals surface area contributed by atoms with Crippen molar-refractivity contribution in [1.82, 2.24) is 9.55 Å². The van der Waals surface area contributed by atoms with Gasteiger partial charge in [0.15, 0.2) is 0 Å². The number of aliphatic hydroxyl groups is 1. The number of ether oxygens (including phenoxy) is 1. The predicted octanol–water partition coefficient (Wildman–Crippen LogP) is 0.681. The summed E-state index contributed by atoms with van der Waals surface area (Å²) in [5, 5.41) is 10.5. The van der Waals surface area contributed by atoms with Gasteiger partial charge in [-0.05, 0) is 11.6 Å². The van der Waals surface area contributed by atoms with Crippen molar-refractivity contribution in [2.24, 2.45) is 7.05 Å². The molecule has 0 aliphatic carbocycles. The van der Waals surface area contributed by atoms with E-state index in [0.717, 1.165) is 5.69 Å². The van der Waals surface area contributed by atoms with Gasteiger partial charge in [0, 0.05) is 20.1 Å². The Morgan fingerprint density at radius 2 is 2.54 bits per heavy atom. The van der Waals surface area contributed by atoms with Gasteiger partial charge in [0.25, 0.3) is 0 Å². The van der Waals surface area contributed by atoms with E-state index in [-0.39, 0.29) is 0 Å². The third kappa shape index (κ3) is 1.35. The SMILES string of the molecule is Cn1c(C2(O)CCOC2)cnc1Cl. The highest BCUT2D eigenvalue weighted by molar-refractivity contribution is 6.28. The molecule has 1 fully saturated rings. The fraction of sp³-hybridized carbons (Fsp3) is 0.625. The standard InChI is InChI=1S/C8H11ClN2O2/c1-11-6(4-10-7(11)9)8(12)2-3-13-5-8/h4,12H,2-3,5H2,1H3. The second-order valence-corrected chi connectivity index (χ2v) is 3.64. The monoisotopic (exact) mass is 202 g/mol. The summed E-state index contributed by atoms with van der Waals surface area (Å²) in [6.07, 6.45) is 2.19. The van der Waals surface area contributed by atoms with Crippen molar-refractivity contribution in [2.75, 3.05) is 13.2 Å². The molecule has 0 amide bonds. The van der Waals surface area contributed by atoms with E-state index in [2.05, 4.69) is 4.98 Å². The Kier molecular flexibility index (Phi) is 2.06. The van der Waals surface area contributed by atoms with E-state index in [0.29, 0.717) is 24.9 Å². The minimum atomic E-state index is -0.908. The first kappa shape index (κ1) is 8.99. The molecule has 1 aliphatic rings. The molecular weight excluding hydrogens is 192 g/mol. The van der Waals surface area contributed by atoms with Gasteiger partial charge in [-0.25, -0.2) is 4.98 Å². The molecule has 13 heavy (non-hydrogen) atoms. The minimum absolute atomic E-state index is 0.322. The fourth-order valence-electron chi connectivity index (χ4n) is 1.58. The third-order valence-electron chi connectivity index (χ3n) is 2.41. The highest BCUT2D eigenvalue weighted by Crippen LogP contribution is 2.30. The fourth-order valence-corrected chi connectivity index (χ4v) is 1.72. The van der Waals surface area contributed by atoms with Crippen LogP contribution in [0.3, 0.4) is 0 Å². The van der Waals surface area contributed by atoms with E-state index in [4.69, 9.17) is 16.3 Å². The number of rotatable bonds is 1. The highest BCUT2D eigenvalue weighted by Gasteiger charge is 2.37. The van der Waals surface area contributed by atoms with Gasteiger partial charge in [-0.2, -0.15) is 0 Å². The highest BCUT2D eigenvalue weighted by atomic mass is 35.5. The van der Waals surface area contributed by atoms with E-state index >= 15 is 0 Å². The Bertz CT molecular complexity index is 318. The molecule has 0 spiro atoms. The van der Waals surface area contributed by atoms with E-state index in [1.165, 1.54) is 0 Å². The number of hydrogen-bond acceptors (Lipinski definition) is 3. The van der Waals surface area contributed by atoms with Gasteiger partial charge < -0.3 is 14.4 Å². The van der Waals surface area contributed by atoms with Crippen LogP contribution < -0.4 is 0 Å². The lowest BCUT2D eigenvalue weighted by Gasteiger charge is -2.20. The molecule has 1 unspecified atom stereocenters. The van der Waals surface area contributed by atoms with Gasteiger partial charge >= 0.3 is 0 Å². The van der Waals surface area contributed by atoms with Crippen LogP contribution in [0.25, 0.3) is 0 Å². The van der Waals surface area contributed by atoms with E-state index in [9.17, 15) is 5.11 Å². The third-order valence-corrected chi connectivity index (χ3v) is 2.76. The van der Waals surface area contributed by atoms with Gasteiger partial charge in [0.05, 0.1) is 18.5 Å². The number of aromatic nitrogens is 2. The molecule has 0 radical (unpaired) electrons. The molecule has 1 atom stereocenters. The molecule has 0 saturated carbocycles. The number of hydrogen-bond donors (Lipinski definition) is 1. The van der Waals surface area contributed by atoms with Crippen molar-refractivity contribution in [1.29, 1.82) is 0 Å². The lowest BCUT2D eigenvalue weighted by atomic mass is 10.00. The second kappa shape index (κ2) is 2.97. The van der Waals surface area contributed by atoms with Gasteiger partial charge in [-0.15, -0.1) is 0 Å². The number of imidazole rings is 1. The van der Waals surface area contributed by atoms with Crippen molar-refractivity contribution < 1.29 is 9.84 Å². The van der Waals surface area contributed by atoms with Crippen LogP contribution in [0.5, 0.6) is 0 Å². The zero-order chi connectivity index (χ0) is 9.47. The lowest BCUT2D eigenvalue weighted by molar-refractivity contribution is 0.0171. The van der Waals surface area contributed by atoms with E-state index < -0.39 is 5.60 Å². The second-order valence-electron chi connectivity index (χ2n) is 3.31. The first-order valence-corrected chi connectivity index (χ1v) is 4.49. The Labute approximate surface area is 81.1 Å². The van der Waals surface area contributed by atoms with Crippen molar-refractivity contribution >= 4 is 11.6 Å². The molecule has 1 aromatic rings. The molecular formula is C8H11ClN2O2. The largest absolute Gasteiger partial charge is 0.381 e. The van der Waals surface area contributed by atoms with Crippen LogP contribution in [-0.2, 0) is 17.4 Å². The summed E-state index contributed by atoms with van der Waals surface area (Å²) in [6, 6.07) is 0. The maximum Gasteiger partial charge on any atom is 0.202 e. The van der Waals surface area contributed by atoms with Crippen molar-refractivity contribution in [3.8, 4) is 0 Å². The molecule has 1 saturated heterocycles. The van der Waals surface area contributed by atoms with Crippen LogP contribution in [0.4, 0.5) is 0 Å². The van der Waals surface area contributed by atoms with Crippen LogP contribution in [0, 0.1) is 0 Å². The summed E-state index contributed by atoms with van der Waals surface area (Å²) in [6.45, 7) is 0.905. The summed E-state index contributed by atoms with van der Waals surface area (Å²) in [5.74, 6) is 0. The lowest BCUT2D eigenvalue weighted by Crippen LogP contribution is -2.28. The quantitative estimate of drug-likeness (QED) is 0.729. The Hall–Kier alpha value is -0.580. The Balaban J connectivity index is 2.39. The minimum Gasteiger partial charge on any atom is -0.381 e. The summed E-state index contributed by atoms with van der Waals surface area (Å²) in [5.41, 5.74) is -0.190. The molecule has 1 aliphatic heterocycles. The van der Waals surface area contributed by atoms with Crippen LogP contribution in [0.1, 0.15) is 12.1 Å². The predicted molar refractivity (Wildman–Crippen MR) is 47.6 cm³/mol. The molecule has 0 aromatic carbocycles. The molecule has 1 N–H and O–H groups in total. The Morgan fingerprint density at radius 3 is 3.00 bits per heavy atom. The van der Waals surface area contributed by atoms with Gasteiger partial charge in [0.1, 0.15) is 5.60 Å². The maximum atomic E-state index is 10.1. The summed E-state index contributed by atoms with van der Waals surface area (Å²) >= 11 is 5.77. The summed E-state index contributed by atoms with van der Waals surface area (Å²) in [4.78, 5) is 3.92. The van der Waals surface area contributed by atoms with E-state index in [1.54, 1.807) is 17.8 Å². The average molecular weight is 203 g/mol. The van der Waals surface area contributed by atoms with Gasteiger partial charge in [0.2, 0.25) is 5.28 Å². The zero-order valence-electron chi connectivity index (χ0n) is 7.33. The zero-order valence-corrected chi connectivity index (χ0v) is 8.08. The maximum absolute atomic E-state index is 10.1. The number of nitrogens with zero attached hydrogens (tertiary/aromatic N) is 2. The van der Waals surface area contributed by atoms with Gasteiger partial charge in [-0.1, -0.05) is 0 Å². The first-order valence-electron chi connectivity index (χ1n) is 4.11. The summed E-state index contributed by atoms with van der Waals surface area (Å²) < 4.78 is 6.82. The number of halogens is 1. The molecule has 0 bridgehead atoms. The molecule has 72 valence electrons. The van der Waals surface area contributed by atoms with Gasteiger partial charge in [-0.3, -0.25) is 0 Å². The molecule has 5 heteroatoms. The van der Waals surface area contributed by atoms with Crippen molar-refractivity contribution in [3.05, 3.63) is 17.2 Å². The smallest absolute Gasteiger partial charge is 0.202 e. The Morgan fingerprint density at radius 1 is 1.77 bits per heavy atom. The summed E-state index contributed by atoms with van der Waals surface area (Å²) in [7, 11) is 1.78. The van der Waals surface area contributed by atoms with E-state index in [1.807, 2.05) is 0 Å². The van der Waals surface area contributed by atoms with Crippen LogP contribution in [0.15, 0.2) is 6.20 Å². The first-order chi connectivity index (χ1) is 6.13. The molecule has 1 aromatic heterocycles. The molecule has 2 rings (SSSR count). The van der Waals surface area contributed by atoms with Crippen LogP contribution >= 0.6 is 11.6 Å². The molecule has 2 heterocycles. The molecule has 4 nitrogen and oxygen atoms in total. The topological polar surface area (TPSA) is 47.3 Å². The van der Waals surface area contributed by atoms with Crippen LogP contribution in [-0.4, -0.2) is 27.9 Å². The normalized spacial score (nSPS) is 28.2. The van der Waals surface area contributed by atoms with Crippen molar-refractivity contribution in [2.45, 2.75) is 12.0 Å². The van der Waals surface area contributed by atoms with Crippen LogP contribution in [0.2, 0.25) is 5.28 Å².